The minimum absolute atomic E-state index is 0.104. The minimum Gasteiger partial charge on any atom is -0.496 e. The summed E-state index contributed by atoms with van der Waals surface area (Å²) in [5, 5.41) is 3.02. The normalized spacial score (nSPS) is 18.7. The van der Waals surface area contributed by atoms with Crippen LogP contribution in [0.15, 0.2) is 12.1 Å². The van der Waals surface area contributed by atoms with Crippen LogP contribution in [0.1, 0.15) is 30.1 Å². The van der Waals surface area contributed by atoms with Crippen molar-refractivity contribution >= 4 is 34.2 Å². The second-order valence-corrected chi connectivity index (χ2v) is 6.37. The van der Waals surface area contributed by atoms with Crippen molar-refractivity contribution in [2.24, 2.45) is 0 Å². The molecule has 1 heterocycles. The smallest absolute Gasteiger partial charge is 0.255 e. The second kappa shape index (κ2) is 7.31. The molecule has 1 unspecified atom stereocenters. The molecule has 1 aliphatic rings. The quantitative estimate of drug-likeness (QED) is 0.584. The lowest BCUT2D eigenvalue weighted by Crippen LogP contribution is -2.40. The van der Waals surface area contributed by atoms with Gasteiger partial charge in [-0.2, -0.15) is 0 Å². The minimum atomic E-state index is -0.104. The Hall–Kier alpha value is -1.02. The molecule has 21 heavy (non-hydrogen) atoms. The Kier molecular flexibility index (Phi) is 5.69. The van der Waals surface area contributed by atoms with Gasteiger partial charge in [0.15, 0.2) is 0 Å². The molecule has 5 nitrogen and oxygen atoms in total. The molecular formula is C15H22IN3O2. The topological polar surface area (TPSA) is 67.6 Å². The van der Waals surface area contributed by atoms with Crippen LogP contribution < -0.4 is 15.8 Å². The third-order valence-corrected chi connectivity index (χ3v) is 4.90. The van der Waals surface area contributed by atoms with E-state index in [2.05, 4.69) is 39.7 Å². The van der Waals surface area contributed by atoms with Crippen molar-refractivity contribution < 1.29 is 9.53 Å². The van der Waals surface area contributed by atoms with Gasteiger partial charge in [0, 0.05) is 27.9 Å². The number of ether oxygens (including phenoxy) is 1. The average Bonchev–Trinajstić information content (AvgIpc) is 2.94. The Morgan fingerprint density at radius 1 is 1.57 bits per heavy atom. The van der Waals surface area contributed by atoms with E-state index >= 15 is 0 Å². The first-order valence-electron chi connectivity index (χ1n) is 7.22. The number of halogens is 1. The number of nitrogens with one attached hydrogen (secondary N) is 1. The molecule has 1 atom stereocenters. The highest BCUT2D eigenvalue weighted by molar-refractivity contribution is 14.1. The van der Waals surface area contributed by atoms with Crippen molar-refractivity contribution in [3.63, 3.8) is 0 Å². The number of anilines is 1. The summed E-state index contributed by atoms with van der Waals surface area (Å²) in [6, 6.07) is 3.92. The lowest BCUT2D eigenvalue weighted by atomic mass is 10.1. The third kappa shape index (κ3) is 3.79. The molecule has 1 aliphatic heterocycles. The van der Waals surface area contributed by atoms with Gasteiger partial charge in [-0.15, -0.1) is 0 Å². The van der Waals surface area contributed by atoms with Crippen molar-refractivity contribution in [1.82, 2.24) is 10.2 Å². The number of rotatable bonds is 5. The maximum absolute atomic E-state index is 12.4. The fraction of sp³-hybridized carbons (Fsp3) is 0.533. The molecule has 2 rings (SSSR count). The van der Waals surface area contributed by atoms with Crippen molar-refractivity contribution in [2.45, 2.75) is 25.8 Å². The number of nitrogen functional groups attached to an aromatic ring is 1. The standard InChI is InChI=1S/C15H22IN3O2/c1-3-19-6-4-5-10(19)9-18-15(20)11-7-12(16)13(17)8-14(11)21-2/h7-8,10H,3-6,9,17H2,1-2H3,(H,18,20). The molecule has 0 bridgehead atoms. The third-order valence-electron chi connectivity index (χ3n) is 3.97. The van der Waals surface area contributed by atoms with Gasteiger partial charge in [-0.25, -0.2) is 0 Å². The van der Waals surface area contributed by atoms with E-state index in [4.69, 9.17) is 10.5 Å². The molecule has 0 aromatic heterocycles. The molecular weight excluding hydrogens is 381 g/mol. The van der Waals surface area contributed by atoms with Crippen LogP contribution in [0.4, 0.5) is 5.69 Å². The number of nitrogens with zero attached hydrogens (tertiary/aromatic N) is 1. The largest absolute Gasteiger partial charge is 0.496 e. The molecule has 116 valence electrons. The lowest BCUT2D eigenvalue weighted by Gasteiger charge is -2.23. The molecule has 0 spiro atoms. The molecule has 1 saturated heterocycles. The zero-order chi connectivity index (χ0) is 15.4. The van der Waals surface area contributed by atoms with Gasteiger partial charge in [-0.1, -0.05) is 6.92 Å². The Morgan fingerprint density at radius 3 is 3.00 bits per heavy atom. The van der Waals surface area contributed by atoms with E-state index < -0.39 is 0 Å². The number of likely N-dealkylation sites (tertiary alicyclic amines) is 1. The first-order chi connectivity index (χ1) is 10.1. The molecule has 1 fully saturated rings. The summed E-state index contributed by atoms with van der Waals surface area (Å²) in [6.07, 6.45) is 2.35. The summed E-state index contributed by atoms with van der Waals surface area (Å²) in [4.78, 5) is 14.8. The van der Waals surface area contributed by atoms with Crippen LogP contribution in [0.25, 0.3) is 0 Å². The molecule has 3 N–H and O–H groups in total. The van der Waals surface area contributed by atoms with Crippen molar-refractivity contribution in [1.29, 1.82) is 0 Å². The van der Waals surface area contributed by atoms with Gasteiger partial charge >= 0.3 is 0 Å². The van der Waals surface area contributed by atoms with Gasteiger partial charge in [-0.05, 0) is 54.6 Å². The van der Waals surface area contributed by atoms with E-state index in [0.29, 0.717) is 29.6 Å². The Bertz CT molecular complexity index is 522. The predicted octanol–water partition coefficient (Wildman–Crippen LogP) is 2.10. The van der Waals surface area contributed by atoms with Gasteiger partial charge in [-0.3, -0.25) is 9.69 Å². The van der Waals surface area contributed by atoms with E-state index in [1.54, 1.807) is 19.2 Å². The number of benzene rings is 1. The monoisotopic (exact) mass is 403 g/mol. The summed E-state index contributed by atoms with van der Waals surface area (Å²) in [5.74, 6) is 0.414. The van der Waals surface area contributed by atoms with Crippen molar-refractivity contribution in [3.8, 4) is 5.75 Å². The number of nitrogens with two attached hydrogens (primary N) is 1. The second-order valence-electron chi connectivity index (χ2n) is 5.21. The fourth-order valence-electron chi connectivity index (χ4n) is 2.76. The molecule has 1 aromatic carbocycles. The number of amides is 1. The van der Waals surface area contributed by atoms with Crippen LogP contribution in [0.2, 0.25) is 0 Å². The maximum atomic E-state index is 12.4. The Morgan fingerprint density at radius 2 is 2.33 bits per heavy atom. The van der Waals surface area contributed by atoms with Crippen LogP contribution in [-0.4, -0.2) is 43.6 Å². The van der Waals surface area contributed by atoms with Crippen molar-refractivity contribution in [2.75, 3.05) is 32.5 Å². The first-order valence-corrected chi connectivity index (χ1v) is 8.30. The lowest BCUT2D eigenvalue weighted by molar-refractivity contribution is 0.0938. The van der Waals surface area contributed by atoms with E-state index in [9.17, 15) is 4.79 Å². The van der Waals surface area contributed by atoms with Crippen LogP contribution in [0, 0.1) is 3.57 Å². The van der Waals surface area contributed by atoms with Crippen LogP contribution in [0.3, 0.4) is 0 Å². The molecule has 1 aromatic rings. The molecule has 0 saturated carbocycles. The SMILES string of the molecule is CCN1CCCC1CNC(=O)c1cc(I)c(N)cc1OC. The molecule has 0 aliphatic carbocycles. The predicted molar refractivity (Wildman–Crippen MR) is 92.7 cm³/mol. The van der Waals surface area contributed by atoms with E-state index in [1.165, 1.54) is 6.42 Å². The van der Waals surface area contributed by atoms with Gasteiger partial charge < -0.3 is 15.8 Å². The number of methoxy groups -OCH3 is 1. The first kappa shape index (κ1) is 16.4. The summed E-state index contributed by atoms with van der Waals surface area (Å²) in [6.45, 7) is 4.99. The zero-order valence-electron chi connectivity index (χ0n) is 12.5. The average molecular weight is 403 g/mol. The van der Waals surface area contributed by atoms with Crippen LogP contribution in [-0.2, 0) is 0 Å². The van der Waals surface area contributed by atoms with E-state index in [1.807, 2.05) is 0 Å². The van der Waals surface area contributed by atoms with Gasteiger partial charge in [0.1, 0.15) is 5.75 Å². The van der Waals surface area contributed by atoms with Crippen LogP contribution in [0.5, 0.6) is 5.75 Å². The highest BCUT2D eigenvalue weighted by Gasteiger charge is 2.24. The van der Waals surface area contributed by atoms with Crippen LogP contribution >= 0.6 is 22.6 Å². The number of carbonyl (C=O) groups excluding carboxylic acids is 1. The molecule has 1 amide bonds. The summed E-state index contributed by atoms with van der Waals surface area (Å²) in [5.41, 5.74) is 7.01. The highest BCUT2D eigenvalue weighted by atomic mass is 127. The van der Waals surface area contributed by atoms with Gasteiger partial charge in [0.2, 0.25) is 0 Å². The fourth-order valence-corrected chi connectivity index (χ4v) is 3.23. The Labute approximate surface area is 139 Å². The van der Waals surface area contributed by atoms with E-state index in [-0.39, 0.29) is 5.91 Å². The highest BCUT2D eigenvalue weighted by Crippen LogP contribution is 2.26. The molecule has 6 heteroatoms. The summed E-state index contributed by atoms with van der Waals surface area (Å²) >= 11 is 2.12. The zero-order valence-corrected chi connectivity index (χ0v) is 14.6. The van der Waals surface area contributed by atoms with E-state index in [0.717, 1.165) is 23.1 Å². The van der Waals surface area contributed by atoms with Crippen molar-refractivity contribution in [3.05, 3.63) is 21.3 Å². The van der Waals surface area contributed by atoms with Gasteiger partial charge in [0.05, 0.1) is 12.7 Å². The molecule has 0 radical (unpaired) electrons. The maximum Gasteiger partial charge on any atom is 0.255 e. The van der Waals surface area contributed by atoms with Gasteiger partial charge in [0.25, 0.3) is 5.91 Å². The number of hydrogen-bond donors (Lipinski definition) is 2. The number of hydrogen-bond acceptors (Lipinski definition) is 4. The summed E-state index contributed by atoms with van der Waals surface area (Å²) in [7, 11) is 1.55. The Balaban J connectivity index is 2.05. The summed E-state index contributed by atoms with van der Waals surface area (Å²) < 4.78 is 6.12. The number of carbonyl (C=O) groups is 1. The number of likely N-dealkylation sites (N-methyl/N-ethyl adjacent to an activating group) is 1.